The molecule has 0 amide bonds. The van der Waals surface area contributed by atoms with Crippen LogP contribution in [0, 0.1) is 0 Å². The predicted octanol–water partition coefficient (Wildman–Crippen LogP) is 4.18. The molecule has 0 rings (SSSR count). The van der Waals surface area contributed by atoms with Gasteiger partial charge in [0.15, 0.2) is 0 Å². The Labute approximate surface area is 125 Å². The molecule has 0 aromatic heterocycles. The largest absolute Gasteiger partial charge is 0.462 e. The molecule has 0 aromatic rings. The second-order valence-corrected chi connectivity index (χ2v) is 5.54. The molecule has 0 bridgehead atoms. The molecule has 1 atom stereocenters. The summed E-state index contributed by atoms with van der Waals surface area (Å²) in [5.41, 5.74) is 0.482. The lowest BCUT2D eigenvalue weighted by atomic mass is 10.1. The second-order valence-electron chi connectivity index (χ2n) is 5.54. The molecule has 3 nitrogen and oxygen atoms in total. The predicted molar refractivity (Wildman–Crippen MR) is 85.9 cm³/mol. The van der Waals surface area contributed by atoms with Gasteiger partial charge in [-0.2, -0.15) is 0 Å². The third-order valence-electron chi connectivity index (χ3n) is 3.78. The van der Waals surface area contributed by atoms with Crippen molar-refractivity contribution in [2.45, 2.75) is 72.3 Å². The minimum atomic E-state index is -0.266. The highest BCUT2D eigenvalue weighted by molar-refractivity contribution is 5.86. The third kappa shape index (κ3) is 9.13. The van der Waals surface area contributed by atoms with Crippen molar-refractivity contribution in [2.24, 2.45) is 0 Å². The van der Waals surface area contributed by atoms with Gasteiger partial charge in [0.2, 0.25) is 0 Å². The van der Waals surface area contributed by atoms with Crippen molar-refractivity contribution in [3.63, 3.8) is 0 Å². The minimum absolute atomic E-state index is 0.266. The van der Waals surface area contributed by atoms with Gasteiger partial charge >= 0.3 is 5.97 Å². The van der Waals surface area contributed by atoms with Crippen LogP contribution >= 0.6 is 0 Å². The lowest BCUT2D eigenvalue weighted by Gasteiger charge is -2.26. The van der Waals surface area contributed by atoms with Gasteiger partial charge in [0, 0.05) is 11.6 Å². The van der Waals surface area contributed by atoms with Crippen LogP contribution in [0.3, 0.4) is 0 Å². The number of rotatable bonds is 12. The maximum atomic E-state index is 11.1. The molecule has 0 saturated carbocycles. The molecule has 0 N–H and O–H groups in total. The van der Waals surface area contributed by atoms with Crippen molar-refractivity contribution in [3.8, 4) is 0 Å². The van der Waals surface area contributed by atoms with Crippen molar-refractivity contribution in [3.05, 3.63) is 12.2 Å². The molecule has 3 heteroatoms. The number of hydrogen-bond acceptors (Lipinski definition) is 3. The van der Waals surface area contributed by atoms with Gasteiger partial charge in [-0.15, -0.1) is 0 Å². The first-order chi connectivity index (χ1) is 9.52. The van der Waals surface area contributed by atoms with Crippen LogP contribution in [0.2, 0.25) is 0 Å². The fraction of sp³-hybridized carbons (Fsp3) is 0.824. The molecule has 0 aliphatic rings. The average Bonchev–Trinajstić information content (AvgIpc) is 2.42. The zero-order chi connectivity index (χ0) is 15.4. The van der Waals surface area contributed by atoms with Crippen LogP contribution < -0.4 is 0 Å². The number of nitrogens with zero attached hydrogens (tertiary/aromatic N) is 1. The summed E-state index contributed by atoms with van der Waals surface area (Å²) in [6.07, 6.45) is 7.19. The summed E-state index contributed by atoms with van der Waals surface area (Å²) in [6, 6.07) is 0.696. The van der Waals surface area contributed by atoms with Gasteiger partial charge in [-0.25, -0.2) is 4.79 Å². The lowest BCUT2D eigenvalue weighted by molar-refractivity contribution is -0.139. The maximum absolute atomic E-state index is 11.1. The van der Waals surface area contributed by atoms with E-state index in [-0.39, 0.29) is 5.97 Å². The Balaban J connectivity index is 3.41. The quantitative estimate of drug-likeness (QED) is 0.306. The molecule has 0 aliphatic carbocycles. The van der Waals surface area contributed by atoms with E-state index in [4.69, 9.17) is 4.74 Å². The van der Waals surface area contributed by atoms with E-state index >= 15 is 0 Å². The van der Waals surface area contributed by atoms with E-state index in [1.165, 1.54) is 25.7 Å². The zero-order valence-corrected chi connectivity index (χ0v) is 13.9. The van der Waals surface area contributed by atoms with Crippen LogP contribution in [0.4, 0.5) is 0 Å². The van der Waals surface area contributed by atoms with Crippen LogP contribution in [0.5, 0.6) is 0 Å². The van der Waals surface area contributed by atoms with Crippen molar-refractivity contribution in [1.29, 1.82) is 0 Å². The molecule has 0 aliphatic heterocycles. The van der Waals surface area contributed by atoms with Gasteiger partial charge in [-0.1, -0.05) is 46.1 Å². The molecule has 20 heavy (non-hydrogen) atoms. The van der Waals surface area contributed by atoms with Crippen LogP contribution in [-0.2, 0) is 9.53 Å². The highest BCUT2D eigenvalue weighted by atomic mass is 16.5. The monoisotopic (exact) mass is 283 g/mol. The summed E-state index contributed by atoms with van der Waals surface area (Å²) in [4.78, 5) is 13.7. The van der Waals surface area contributed by atoms with E-state index < -0.39 is 0 Å². The molecular formula is C17H33NO2. The zero-order valence-electron chi connectivity index (χ0n) is 13.9. The Bertz CT molecular complexity index is 272. The smallest absolute Gasteiger partial charge is 0.333 e. The van der Waals surface area contributed by atoms with Gasteiger partial charge in [0.25, 0.3) is 0 Å². The Kier molecular flexibility index (Phi) is 11.5. The SMILES string of the molecule is C=C(C)C(=O)OCCCCCCCC(C)N(CC)CC. The van der Waals surface area contributed by atoms with Crippen molar-refractivity contribution in [2.75, 3.05) is 19.7 Å². The summed E-state index contributed by atoms with van der Waals surface area (Å²) in [5.74, 6) is -0.266. The highest BCUT2D eigenvalue weighted by Gasteiger charge is 2.08. The van der Waals surface area contributed by atoms with Gasteiger partial charge in [0.1, 0.15) is 0 Å². The van der Waals surface area contributed by atoms with Gasteiger partial charge in [-0.3, -0.25) is 0 Å². The number of ether oxygens (including phenoxy) is 1. The average molecular weight is 283 g/mol. The molecule has 1 unspecified atom stereocenters. The topological polar surface area (TPSA) is 29.5 Å². The first-order valence-corrected chi connectivity index (χ1v) is 8.09. The van der Waals surface area contributed by atoms with Crippen molar-refractivity contribution in [1.82, 2.24) is 4.90 Å². The van der Waals surface area contributed by atoms with E-state index in [9.17, 15) is 4.79 Å². The Hall–Kier alpha value is -0.830. The minimum Gasteiger partial charge on any atom is -0.462 e. The van der Waals surface area contributed by atoms with Crippen LogP contribution in [0.15, 0.2) is 12.2 Å². The molecule has 118 valence electrons. The van der Waals surface area contributed by atoms with Gasteiger partial charge in [-0.05, 0) is 39.8 Å². The van der Waals surface area contributed by atoms with E-state index in [2.05, 4.69) is 32.3 Å². The van der Waals surface area contributed by atoms with Crippen LogP contribution in [-0.4, -0.2) is 36.6 Å². The fourth-order valence-electron chi connectivity index (χ4n) is 2.39. The number of carbonyl (C=O) groups is 1. The number of carbonyl (C=O) groups excluding carboxylic acids is 1. The lowest BCUT2D eigenvalue weighted by Crippen LogP contribution is -2.32. The summed E-state index contributed by atoms with van der Waals surface area (Å²) in [7, 11) is 0. The number of esters is 1. The first-order valence-electron chi connectivity index (χ1n) is 8.09. The molecule has 0 saturated heterocycles. The normalized spacial score (nSPS) is 12.4. The molecule has 0 aromatic carbocycles. The molecule has 0 fully saturated rings. The summed E-state index contributed by atoms with van der Waals surface area (Å²) in [5, 5.41) is 0. The van der Waals surface area contributed by atoms with Crippen molar-refractivity contribution < 1.29 is 9.53 Å². The summed E-state index contributed by atoms with van der Waals surface area (Å²) in [6.45, 7) is 14.8. The Morgan fingerprint density at radius 3 is 2.20 bits per heavy atom. The second kappa shape index (κ2) is 12.0. The van der Waals surface area contributed by atoms with E-state index in [0.29, 0.717) is 18.2 Å². The highest BCUT2D eigenvalue weighted by Crippen LogP contribution is 2.11. The molecule has 0 heterocycles. The fourth-order valence-corrected chi connectivity index (χ4v) is 2.39. The Morgan fingerprint density at radius 1 is 1.10 bits per heavy atom. The number of unbranched alkanes of at least 4 members (excludes halogenated alkanes) is 4. The van der Waals surface area contributed by atoms with Crippen LogP contribution in [0.25, 0.3) is 0 Å². The third-order valence-corrected chi connectivity index (χ3v) is 3.78. The molecule has 0 spiro atoms. The number of hydrogen-bond donors (Lipinski definition) is 0. The van der Waals surface area contributed by atoms with Crippen LogP contribution in [0.1, 0.15) is 66.2 Å². The maximum Gasteiger partial charge on any atom is 0.333 e. The first kappa shape index (κ1) is 19.2. The van der Waals surface area contributed by atoms with Gasteiger partial charge in [0.05, 0.1) is 6.61 Å². The molecule has 0 radical (unpaired) electrons. The standard InChI is InChI=1S/C17H33NO2/c1-6-18(7-2)16(5)13-11-9-8-10-12-14-20-17(19)15(3)4/h16H,3,6-14H2,1-2,4-5H3. The van der Waals surface area contributed by atoms with Gasteiger partial charge < -0.3 is 9.64 Å². The van der Waals surface area contributed by atoms with E-state index in [0.717, 1.165) is 25.9 Å². The van der Waals surface area contributed by atoms with Crippen molar-refractivity contribution >= 4 is 5.97 Å². The summed E-state index contributed by atoms with van der Waals surface area (Å²) < 4.78 is 5.06. The Morgan fingerprint density at radius 2 is 1.65 bits per heavy atom. The van der Waals surface area contributed by atoms with E-state index in [1.54, 1.807) is 6.92 Å². The summed E-state index contributed by atoms with van der Waals surface area (Å²) >= 11 is 0. The van der Waals surface area contributed by atoms with E-state index in [1.807, 2.05) is 0 Å². The molecular weight excluding hydrogens is 250 g/mol.